The minimum absolute atomic E-state index is 0.351. The van der Waals surface area contributed by atoms with E-state index in [1.165, 1.54) is 5.39 Å². The Morgan fingerprint density at radius 2 is 1.91 bits per heavy atom. The summed E-state index contributed by atoms with van der Waals surface area (Å²) < 4.78 is 8.07. The average molecular weight is 325 g/mol. The van der Waals surface area contributed by atoms with Crippen molar-refractivity contribution >= 4 is 28.2 Å². The van der Waals surface area contributed by atoms with Crippen molar-refractivity contribution in [2.24, 2.45) is 7.05 Å². The Bertz CT molecular complexity index is 836. The fourth-order valence-electron chi connectivity index (χ4n) is 2.57. The molecule has 0 amide bonds. The maximum absolute atomic E-state index is 6.11. The van der Waals surface area contributed by atoms with Crippen molar-refractivity contribution in [3.05, 3.63) is 66.2 Å². The summed E-state index contributed by atoms with van der Waals surface area (Å²) in [7, 11) is 5.71. The van der Waals surface area contributed by atoms with E-state index < -0.39 is 0 Å². The largest absolute Gasteiger partial charge is 0.454 e. The van der Waals surface area contributed by atoms with E-state index >= 15 is 0 Å². The van der Waals surface area contributed by atoms with E-state index in [9.17, 15) is 0 Å². The lowest BCUT2D eigenvalue weighted by Gasteiger charge is -2.23. The number of hydrogen-bond donors (Lipinski definition) is 0. The zero-order valence-electron chi connectivity index (χ0n) is 13.4. The van der Waals surface area contributed by atoms with Crippen LogP contribution in [-0.4, -0.2) is 33.7 Å². The van der Waals surface area contributed by atoms with Crippen LogP contribution in [0, 0.1) is 0 Å². The van der Waals surface area contributed by atoms with Crippen LogP contribution in [0.3, 0.4) is 0 Å². The van der Waals surface area contributed by atoms with Gasteiger partial charge in [-0.15, -0.1) is 0 Å². The molecule has 0 fully saturated rings. The van der Waals surface area contributed by atoms with Crippen molar-refractivity contribution in [2.75, 3.05) is 14.1 Å². The molecule has 0 radical (unpaired) electrons. The molecule has 1 atom stereocenters. The van der Waals surface area contributed by atoms with Crippen molar-refractivity contribution in [1.82, 2.24) is 14.5 Å². The zero-order chi connectivity index (χ0) is 16.4. The van der Waals surface area contributed by atoms with Crippen molar-refractivity contribution in [2.45, 2.75) is 6.10 Å². The first-order valence-electron chi connectivity index (χ1n) is 7.40. The van der Waals surface area contributed by atoms with Gasteiger partial charge < -0.3 is 14.2 Å². The predicted octanol–water partition coefficient (Wildman–Crippen LogP) is 3.53. The Kier molecular flexibility index (Phi) is 4.30. The molecule has 118 valence electrons. The summed E-state index contributed by atoms with van der Waals surface area (Å²) in [5.41, 5.74) is 1.06. The Morgan fingerprint density at radius 3 is 2.61 bits per heavy atom. The predicted molar refractivity (Wildman–Crippen MR) is 96.4 cm³/mol. The second kappa shape index (κ2) is 6.38. The number of benzene rings is 2. The lowest BCUT2D eigenvalue weighted by molar-refractivity contribution is 0.196. The van der Waals surface area contributed by atoms with Gasteiger partial charge in [0.25, 0.3) is 5.17 Å². The monoisotopic (exact) mass is 325 g/mol. The number of thiocarbonyl (C=S) groups is 1. The van der Waals surface area contributed by atoms with Crippen LogP contribution in [0.15, 0.2) is 54.9 Å². The maximum Gasteiger partial charge on any atom is 0.259 e. The SMILES string of the molecule is CN(C)C(=S)OC(c1cccc2ccccc12)c1nccn1C. The zero-order valence-corrected chi connectivity index (χ0v) is 14.2. The smallest absolute Gasteiger partial charge is 0.259 e. The van der Waals surface area contributed by atoms with Crippen LogP contribution in [0.4, 0.5) is 0 Å². The maximum atomic E-state index is 6.11. The Balaban J connectivity index is 2.14. The van der Waals surface area contributed by atoms with Crippen LogP contribution in [0.2, 0.25) is 0 Å². The van der Waals surface area contributed by atoms with Crippen molar-refractivity contribution in [1.29, 1.82) is 0 Å². The van der Waals surface area contributed by atoms with Gasteiger partial charge in [0.15, 0.2) is 11.9 Å². The summed E-state index contributed by atoms with van der Waals surface area (Å²) in [6.45, 7) is 0. The quantitative estimate of drug-likeness (QED) is 0.689. The number of aromatic nitrogens is 2. The molecule has 0 saturated carbocycles. The molecule has 1 heterocycles. The summed E-state index contributed by atoms with van der Waals surface area (Å²) in [4.78, 5) is 6.26. The van der Waals surface area contributed by atoms with E-state index in [4.69, 9.17) is 17.0 Å². The third-order valence-electron chi connectivity index (χ3n) is 3.78. The van der Waals surface area contributed by atoms with Crippen LogP contribution in [-0.2, 0) is 11.8 Å². The van der Waals surface area contributed by atoms with Crippen LogP contribution in [0.1, 0.15) is 17.5 Å². The van der Waals surface area contributed by atoms with Crippen molar-refractivity contribution in [3.63, 3.8) is 0 Å². The Hall–Kier alpha value is -2.40. The highest BCUT2D eigenvalue weighted by molar-refractivity contribution is 7.80. The Labute approximate surface area is 141 Å². The van der Waals surface area contributed by atoms with Crippen LogP contribution in [0.25, 0.3) is 10.8 Å². The summed E-state index contributed by atoms with van der Waals surface area (Å²) in [6, 6.07) is 14.5. The number of nitrogens with zero attached hydrogens (tertiary/aromatic N) is 3. The highest BCUT2D eigenvalue weighted by Gasteiger charge is 2.24. The number of hydrogen-bond acceptors (Lipinski definition) is 3. The number of rotatable bonds is 3. The highest BCUT2D eigenvalue weighted by Crippen LogP contribution is 2.31. The molecule has 0 spiro atoms. The van der Waals surface area contributed by atoms with Gasteiger partial charge in [-0.2, -0.15) is 0 Å². The molecule has 3 rings (SSSR count). The molecule has 5 heteroatoms. The van der Waals surface area contributed by atoms with Gasteiger partial charge in [-0.1, -0.05) is 42.5 Å². The van der Waals surface area contributed by atoms with Gasteiger partial charge in [0, 0.05) is 39.1 Å². The molecular weight excluding hydrogens is 306 g/mol. The van der Waals surface area contributed by atoms with Gasteiger partial charge in [0.05, 0.1) is 0 Å². The normalized spacial score (nSPS) is 12.1. The summed E-state index contributed by atoms with van der Waals surface area (Å²) in [6.07, 6.45) is 3.33. The van der Waals surface area contributed by atoms with Crippen LogP contribution in [0.5, 0.6) is 0 Å². The van der Waals surface area contributed by atoms with E-state index in [0.29, 0.717) is 5.17 Å². The van der Waals surface area contributed by atoms with E-state index in [2.05, 4.69) is 29.2 Å². The minimum Gasteiger partial charge on any atom is -0.454 e. The highest BCUT2D eigenvalue weighted by atomic mass is 32.1. The molecule has 0 aliphatic carbocycles. The lowest BCUT2D eigenvalue weighted by atomic mass is 10.00. The van der Waals surface area contributed by atoms with Crippen molar-refractivity contribution in [3.8, 4) is 0 Å². The van der Waals surface area contributed by atoms with Crippen LogP contribution >= 0.6 is 12.2 Å². The first-order chi connectivity index (χ1) is 11.1. The first kappa shape index (κ1) is 15.5. The molecule has 23 heavy (non-hydrogen) atoms. The number of aryl methyl sites for hydroxylation is 1. The molecule has 4 nitrogen and oxygen atoms in total. The molecule has 0 aliphatic heterocycles. The molecule has 1 unspecified atom stereocenters. The van der Waals surface area contributed by atoms with Gasteiger partial charge in [-0.25, -0.2) is 4.98 Å². The van der Waals surface area contributed by atoms with Crippen LogP contribution < -0.4 is 0 Å². The second-order valence-electron chi connectivity index (χ2n) is 5.62. The Morgan fingerprint density at radius 1 is 1.17 bits per heavy atom. The van der Waals surface area contributed by atoms with E-state index in [1.807, 2.05) is 50.1 Å². The molecule has 0 aliphatic rings. The van der Waals surface area contributed by atoms with Gasteiger partial charge in [-0.05, 0) is 23.0 Å². The molecular formula is C18H19N3OS. The number of imidazole rings is 1. The third kappa shape index (κ3) is 3.05. The third-order valence-corrected chi connectivity index (χ3v) is 4.24. The van der Waals surface area contributed by atoms with E-state index in [0.717, 1.165) is 16.8 Å². The topological polar surface area (TPSA) is 30.3 Å². The fraction of sp³-hybridized carbons (Fsp3) is 0.222. The van der Waals surface area contributed by atoms with Gasteiger partial charge in [-0.3, -0.25) is 0 Å². The first-order valence-corrected chi connectivity index (χ1v) is 7.81. The molecule has 0 bridgehead atoms. The summed E-state index contributed by atoms with van der Waals surface area (Å²) in [5, 5.41) is 2.75. The van der Waals surface area contributed by atoms with E-state index in [1.54, 1.807) is 11.1 Å². The van der Waals surface area contributed by atoms with Gasteiger partial charge >= 0.3 is 0 Å². The van der Waals surface area contributed by atoms with Gasteiger partial charge in [0.2, 0.25) is 0 Å². The van der Waals surface area contributed by atoms with E-state index in [-0.39, 0.29) is 6.10 Å². The number of fused-ring (bicyclic) bond motifs is 1. The lowest BCUT2D eigenvalue weighted by Crippen LogP contribution is -2.26. The number of ether oxygens (including phenoxy) is 1. The van der Waals surface area contributed by atoms with Gasteiger partial charge in [0.1, 0.15) is 0 Å². The standard InChI is InChI=1S/C18H19N3OS/c1-20(2)18(23)22-16(17-19-11-12-21(17)3)15-10-6-8-13-7-4-5-9-14(13)15/h4-12,16H,1-3H3. The molecule has 1 aromatic heterocycles. The minimum atomic E-state index is -0.351. The molecule has 0 N–H and O–H groups in total. The summed E-state index contributed by atoms with van der Waals surface area (Å²) in [5.74, 6) is 0.825. The summed E-state index contributed by atoms with van der Waals surface area (Å²) >= 11 is 5.36. The molecule has 3 aromatic rings. The molecule has 2 aromatic carbocycles. The van der Waals surface area contributed by atoms with Crippen molar-refractivity contribution < 1.29 is 4.74 Å². The molecule has 0 saturated heterocycles. The average Bonchev–Trinajstić information content (AvgIpc) is 2.97. The second-order valence-corrected chi connectivity index (χ2v) is 5.97. The fourth-order valence-corrected chi connectivity index (χ4v) is 2.67.